The Balaban J connectivity index is 1.98. The van der Waals surface area contributed by atoms with Crippen LogP contribution in [0, 0.1) is 0 Å². The average molecular weight is 354 g/mol. The first-order valence-electron chi connectivity index (χ1n) is 10.1. The van der Waals surface area contributed by atoms with E-state index >= 15 is 0 Å². The highest BCUT2D eigenvalue weighted by Gasteiger charge is 2.06. The molecule has 2 aromatic rings. The van der Waals surface area contributed by atoms with Gasteiger partial charge in [0.2, 0.25) is 0 Å². The SMILES string of the molecule is CCCCN(CCCC)c1ccc(Nc2ccc(NC(C)C)cc2)cc1. The summed E-state index contributed by atoms with van der Waals surface area (Å²) in [5.41, 5.74) is 4.72. The topological polar surface area (TPSA) is 27.3 Å². The van der Waals surface area contributed by atoms with E-state index in [4.69, 9.17) is 0 Å². The number of benzene rings is 2. The Morgan fingerprint density at radius 3 is 1.65 bits per heavy atom. The summed E-state index contributed by atoms with van der Waals surface area (Å²) < 4.78 is 0. The first-order chi connectivity index (χ1) is 12.6. The minimum Gasteiger partial charge on any atom is -0.383 e. The van der Waals surface area contributed by atoms with E-state index in [1.807, 2.05) is 0 Å². The van der Waals surface area contributed by atoms with Crippen LogP contribution in [0.5, 0.6) is 0 Å². The van der Waals surface area contributed by atoms with Crippen LogP contribution in [0.2, 0.25) is 0 Å². The molecule has 0 saturated heterocycles. The molecule has 0 fully saturated rings. The fourth-order valence-electron chi connectivity index (χ4n) is 2.97. The standard InChI is InChI=1S/C23H35N3/c1-5-7-17-26(18-8-6-2)23-15-13-22(14-16-23)25-21-11-9-20(10-12-21)24-19(3)4/h9-16,19,24-25H,5-8,17-18H2,1-4H3. The summed E-state index contributed by atoms with van der Waals surface area (Å²) in [5.74, 6) is 0. The first-order valence-corrected chi connectivity index (χ1v) is 10.1. The van der Waals surface area contributed by atoms with E-state index in [-0.39, 0.29) is 0 Å². The predicted octanol–water partition coefficient (Wildman–Crippen LogP) is 6.66. The number of rotatable bonds is 11. The highest BCUT2D eigenvalue weighted by atomic mass is 15.1. The number of anilines is 4. The molecule has 2 N–H and O–H groups in total. The van der Waals surface area contributed by atoms with Gasteiger partial charge in [0, 0.05) is 41.9 Å². The fraction of sp³-hybridized carbons (Fsp3) is 0.478. The van der Waals surface area contributed by atoms with Crippen LogP contribution in [-0.4, -0.2) is 19.1 Å². The molecule has 0 unspecified atom stereocenters. The Morgan fingerprint density at radius 1 is 0.731 bits per heavy atom. The lowest BCUT2D eigenvalue weighted by atomic mass is 10.2. The number of hydrogen-bond acceptors (Lipinski definition) is 3. The first kappa shape index (κ1) is 20.2. The van der Waals surface area contributed by atoms with Gasteiger partial charge in [0.15, 0.2) is 0 Å². The molecule has 3 heteroatoms. The second-order valence-electron chi connectivity index (χ2n) is 7.24. The third-order valence-corrected chi connectivity index (χ3v) is 4.42. The van der Waals surface area contributed by atoms with Crippen LogP contribution in [0.3, 0.4) is 0 Å². The Labute approximate surface area is 159 Å². The van der Waals surface area contributed by atoms with Crippen molar-refractivity contribution in [3.05, 3.63) is 48.5 Å². The fourth-order valence-corrected chi connectivity index (χ4v) is 2.97. The molecule has 0 heterocycles. The van der Waals surface area contributed by atoms with Crippen LogP contribution in [-0.2, 0) is 0 Å². The second-order valence-corrected chi connectivity index (χ2v) is 7.24. The van der Waals surface area contributed by atoms with Crippen molar-refractivity contribution in [1.29, 1.82) is 0 Å². The molecule has 0 aliphatic rings. The van der Waals surface area contributed by atoms with Gasteiger partial charge in [-0.3, -0.25) is 0 Å². The number of hydrogen-bond donors (Lipinski definition) is 2. The molecule has 26 heavy (non-hydrogen) atoms. The Hall–Kier alpha value is -2.16. The molecule has 2 aromatic carbocycles. The maximum atomic E-state index is 3.49. The molecule has 0 atom stereocenters. The van der Waals surface area contributed by atoms with E-state index in [0.717, 1.165) is 30.2 Å². The summed E-state index contributed by atoms with van der Waals surface area (Å²) in [6.45, 7) is 11.1. The quantitative estimate of drug-likeness (QED) is 0.473. The smallest absolute Gasteiger partial charge is 0.0385 e. The number of nitrogens with one attached hydrogen (secondary N) is 2. The van der Waals surface area contributed by atoms with Crippen molar-refractivity contribution >= 4 is 22.7 Å². The van der Waals surface area contributed by atoms with Crippen LogP contribution in [0.15, 0.2) is 48.5 Å². The maximum absolute atomic E-state index is 3.49. The van der Waals surface area contributed by atoms with Crippen LogP contribution in [0.25, 0.3) is 0 Å². The monoisotopic (exact) mass is 353 g/mol. The molecule has 3 nitrogen and oxygen atoms in total. The van der Waals surface area contributed by atoms with Crippen molar-refractivity contribution < 1.29 is 0 Å². The van der Waals surface area contributed by atoms with Gasteiger partial charge in [-0.2, -0.15) is 0 Å². The second kappa shape index (κ2) is 10.7. The van der Waals surface area contributed by atoms with Gasteiger partial charge in [-0.25, -0.2) is 0 Å². The summed E-state index contributed by atoms with van der Waals surface area (Å²) in [5, 5.41) is 6.91. The molecule has 0 aliphatic heterocycles. The van der Waals surface area contributed by atoms with Gasteiger partial charge >= 0.3 is 0 Å². The highest BCUT2D eigenvalue weighted by molar-refractivity contribution is 5.64. The highest BCUT2D eigenvalue weighted by Crippen LogP contribution is 2.23. The van der Waals surface area contributed by atoms with Gasteiger partial charge in [0.25, 0.3) is 0 Å². The molecular formula is C23H35N3. The van der Waals surface area contributed by atoms with Crippen molar-refractivity contribution in [2.75, 3.05) is 28.6 Å². The Kier molecular flexibility index (Phi) is 8.33. The lowest BCUT2D eigenvalue weighted by Crippen LogP contribution is -2.25. The van der Waals surface area contributed by atoms with Crippen LogP contribution in [0.1, 0.15) is 53.4 Å². The average Bonchev–Trinajstić information content (AvgIpc) is 2.64. The van der Waals surface area contributed by atoms with Gasteiger partial charge in [-0.15, -0.1) is 0 Å². The minimum atomic E-state index is 0.449. The van der Waals surface area contributed by atoms with E-state index in [1.54, 1.807) is 0 Å². The summed E-state index contributed by atoms with van der Waals surface area (Å²) in [7, 11) is 0. The zero-order valence-electron chi connectivity index (χ0n) is 16.9. The summed E-state index contributed by atoms with van der Waals surface area (Å²) in [6.07, 6.45) is 4.98. The molecule has 0 aromatic heterocycles. The normalized spacial score (nSPS) is 10.8. The zero-order valence-corrected chi connectivity index (χ0v) is 16.9. The van der Waals surface area contributed by atoms with Gasteiger partial charge in [-0.05, 0) is 75.2 Å². The maximum Gasteiger partial charge on any atom is 0.0385 e. The lowest BCUT2D eigenvalue weighted by molar-refractivity contribution is 0.678. The molecule has 0 spiro atoms. The van der Waals surface area contributed by atoms with Crippen LogP contribution < -0.4 is 15.5 Å². The molecular weight excluding hydrogens is 318 g/mol. The van der Waals surface area contributed by atoms with Gasteiger partial charge in [-0.1, -0.05) is 26.7 Å². The molecule has 0 saturated carbocycles. The lowest BCUT2D eigenvalue weighted by Gasteiger charge is -2.25. The minimum absolute atomic E-state index is 0.449. The summed E-state index contributed by atoms with van der Waals surface area (Å²) >= 11 is 0. The Morgan fingerprint density at radius 2 is 1.19 bits per heavy atom. The molecule has 2 rings (SSSR count). The van der Waals surface area contributed by atoms with Crippen molar-refractivity contribution in [2.45, 2.75) is 59.4 Å². The van der Waals surface area contributed by atoms with Crippen molar-refractivity contribution in [1.82, 2.24) is 0 Å². The number of nitrogens with zero attached hydrogens (tertiary/aromatic N) is 1. The number of unbranched alkanes of at least 4 members (excludes halogenated alkanes) is 2. The van der Waals surface area contributed by atoms with Gasteiger partial charge in [0.05, 0.1) is 0 Å². The van der Waals surface area contributed by atoms with Crippen molar-refractivity contribution in [3.63, 3.8) is 0 Å². The molecule has 142 valence electrons. The van der Waals surface area contributed by atoms with Crippen LogP contribution >= 0.6 is 0 Å². The predicted molar refractivity (Wildman–Crippen MR) is 117 cm³/mol. The molecule has 0 aliphatic carbocycles. The summed E-state index contributed by atoms with van der Waals surface area (Å²) in [4.78, 5) is 2.52. The van der Waals surface area contributed by atoms with Crippen LogP contribution in [0.4, 0.5) is 22.7 Å². The summed E-state index contributed by atoms with van der Waals surface area (Å²) in [6, 6.07) is 17.8. The van der Waals surface area contributed by atoms with E-state index in [0.29, 0.717) is 6.04 Å². The van der Waals surface area contributed by atoms with E-state index in [1.165, 1.54) is 31.4 Å². The molecule has 0 bridgehead atoms. The third kappa shape index (κ3) is 6.62. The Bertz CT molecular complexity index is 609. The van der Waals surface area contributed by atoms with Gasteiger partial charge in [0.1, 0.15) is 0 Å². The van der Waals surface area contributed by atoms with E-state index < -0.39 is 0 Å². The van der Waals surface area contributed by atoms with Gasteiger partial charge < -0.3 is 15.5 Å². The van der Waals surface area contributed by atoms with Crippen molar-refractivity contribution in [2.24, 2.45) is 0 Å². The molecule has 0 amide bonds. The third-order valence-electron chi connectivity index (χ3n) is 4.42. The van der Waals surface area contributed by atoms with E-state index in [2.05, 4.69) is 91.8 Å². The zero-order chi connectivity index (χ0) is 18.8. The largest absolute Gasteiger partial charge is 0.383 e. The van der Waals surface area contributed by atoms with Crippen molar-refractivity contribution in [3.8, 4) is 0 Å². The molecule has 0 radical (unpaired) electrons. The van der Waals surface area contributed by atoms with E-state index in [9.17, 15) is 0 Å².